The maximum absolute atomic E-state index is 13.0. The van der Waals surface area contributed by atoms with E-state index < -0.39 is 0 Å². The summed E-state index contributed by atoms with van der Waals surface area (Å²) in [5.41, 5.74) is 1.44. The Balaban J connectivity index is 1.33. The van der Waals surface area contributed by atoms with Gasteiger partial charge in [0.15, 0.2) is 5.16 Å². The van der Waals surface area contributed by atoms with Gasteiger partial charge in [0.05, 0.1) is 23.4 Å². The molecule has 0 bridgehead atoms. The second kappa shape index (κ2) is 8.79. The number of benzene rings is 1. The molecule has 0 radical (unpaired) electrons. The number of nitrogens with one attached hydrogen (secondary N) is 1. The van der Waals surface area contributed by atoms with Gasteiger partial charge in [0.25, 0.3) is 5.56 Å². The zero-order valence-electron chi connectivity index (χ0n) is 17.2. The minimum atomic E-state index is -0.322. The van der Waals surface area contributed by atoms with Gasteiger partial charge in [0.1, 0.15) is 10.6 Å². The van der Waals surface area contributed by atoms with Crippen molar-refractivity contribution in [1.29, 1.82) is 0 Å². The van der Waals surface area contributed by atoms with Crippen LogP contribution in [0.15, 0.2) is 57.9 Å². The molecule has 1 aromatic carbocycles. The zero-order chi connectivity index (χ0) is 22.1. The SMILES string of the molecule is Nn1c(SCC(=O)Nc2ccnn2C2CCCC2)nc2scc(-c3ccccc3)c2c1=O. The van der Waals surface area contributed by atoms with Crippen LogP contribution in [0.1, 0.15) is 31.7 Å². The number of nitrogen functional groups attached to an aromatic ring is 1. The highest BCUT2D eigenvalue weighted by molar-refractivity contribution is 7.99. The van der Waals surface area contributed by atoms with Gasteiger partial charge in [-0.2, -0.15) is 5.10 Å². The average molecular weight is 467 g/mol. The Kier molecular flexibility index (Phi) is 5.71. The molecule has 0 atom stereocenters. The second-order valence-corrected chi connectivity index (χ2v) is 9.50. The Labute approximate surface area is 192 Å². The van der Waals surface area contributed by atoms with E-state index in [1.54, 1.807) is 12.3 Å². The highest BCUT2D eigenvalue weighted by Gasteiger charge is 2.21. The predicted octanol–water partition coefficient (Wildman–Crippen LogP) is 3.88. The van der Waals surface area contributed by atoms with Crippen molar-refractivity contribution >= 4 is 45.0 Å². The molecule has 8 nitrogen and oxygen atoms in total. The first-order chi connectivity index (χ1) is 15.6. The summed E-state index contributed by atoms with van der Waals surface area (Å²) in [5, 5.41) is 10.0. The van der Waals surface area contributed by atoms with Gasteiger partial charge in [-0.25, -0.2) is 14.3 Å². The number of hydrogen-bond donors (Lipinski definition) is 2. The first kappa shape index (κ1) is 20.8. The second-order valence-electron chi connectivity index (χ2n) is 7.70. The van der Waals surface area contributed by atoms with E-state index in [2.05, 4.69) is 15.4 Å². The molecule has 1 aliphatic carbocycles. The summed E-state index contributed by atoms with van der Waals surface area (Å²) in [4.78, 5) is 30.7. The molecule has 10 heteroatoms. The lowest BCUT2D eigenvalue weighted by atomic mass is 10.1. The summed E-state index contributed by atoms with van der Waals surface area (Å²) < 4.78 is 2.93. The van der Waals surface area contributed by atoms with Crippen LogP contribution in [0.25, 0.3) is 21.3 Å². The number of nitrogens with zero attached hydrogens (tertiary/aromatic N) is 4. The van der Waals surface area contributed by atoms with Gasteiger partial charge in [0.2, 0.25) is 5.91 Å². The maximum atomic E-state index is 13.0. The Bertz CT molecular complexity index is 1320. The van der Waals surface area contributed by atoms with Crippen molar-refractivity contribution < 1.29 is 4.79 Å². The van der Waals surface area contributed by atoms with E-state index in [0.29, 0.717) is 27.2 Å². The standard InChI is InChI=1S/C22H22N6O2S2/c23-27-21(30)19-16(14-6-2-1-3-7-14)12-31-20(19)26-22(27)32-13-18(29)25-17-10-11-24-28(17)15-8-4-5-9-15/h1-3,6-7,10-12,15H,4-5,8-9,13,23H2,(H,25,29). The van der Waals surface area contributed by atoms with Gasteiger partial charge < -0.3 is 11.2 Å². The van der Waals surface area contributed by atoms with Crippen LogP contribution in [0.4, 0.5) is 5.82 Å². The number of amides is 1. The normalized spacial score (nSPS) is 14.2. The van der Waals surface area contributed by atoms with Crippen LogP contribution in [-0.2, 0) is 4.79 Å². The van der Waals surface area contributed by atoms with Crippen LogP contribution in [0.2, 0.25) is 0 Å². The molecule has 3 heterocycles. The summed E-state index contributed by atoms with van der Waals surface area (Å²) in [6.07, 6.45) is 6.23. The number of anilines is 1. The Morgan fingerprint density at radius 2 is 2.00 bits per heavy atom. The van der Waals surface area contributed by atoms with Crippen molar-refractivity contribution in [2.75, 3.05) is 16.9 Å². The topological polar surface area (TPSA) is 108 Å². The fourth-order valence-corrected chi connectivity index (χ4v) is 5.78. The zero-order valence-corrected chi connectivity index (χ0v) is 18.9. The molecule has 0 aliphatic heterocycles. The molecule has 0 unspecified atom stereocenters. The Morgan fingerprint density at radius 1 is 1.22 bits per heavy atom. The van der Waals surface area contributed by atoms with Crippen LogP contribution < -0.4 is 16.7 Å². The number of fused-ring (bicyclic) bond motifs is 1. The van der Waals surface area contributed by atoms with Crippen molar-refractivity contribution in [3.63, 3.8) is 0 Å². The summed E-state index contributed by atoms with van der Waals surface area (Å²) in [6, 6.07) is 11.8. The number of thiophene rings is 1. The minimum Gasteiger partial charge on any atom is -0.334 e. The van der Waals surface area contributed by atoms with Gasteiger partial charge in [-0.3, -0.25) is 9.59 Å². The van der Waals surface area contributed by atoms with Gasteiger partial charge in [-0.05, 0) is 18.4 Å². The molecule has 164 valence electrons. The molecule has 1 saturated carbocycles. The van der Waals surface area contributed by atoms with Crippen LogP contribution in [0.5, 0.6) is 0 Å². The molecule has 0 saturated heterocycles. The molecule has 1 fully saturated rings. The molecule has 3 N–H and O–H groups in total. The van der Waals surface area contributed by atoms with Crippen molar-refractivity contribution in [3.05, 3.63) is 58.3 Å². The van der Waals surface area contributed by atoms with E-state index in [1.165, 1.54) is 24.2 Å². The van der Waals surface area contributed by atoms with Crippen molar-refractivity contribution in [1.82, 2.24) is 19.4 Å². The first-order valence-electron chi connectivity index (χ1n) is 10.4. The Morgan fingerprint density at radius 3 is 2.78 bits per heavy atom. The third-order valence-corrected chi connectivity index (χ3v) is 7.46. The number of thioether (sulfide) groups is 1. The largest absolute Gasteiger partial charge is 0.334 e. The first-order valence-corrected chi connectivity index (χ1v) is 12.3. The van der Waals surface area contributed by atoms with E-state index in [4.69, 9.17) is 5.84 Å². The van der Waals surface area contributed by atoms with Crippen molar-refractivity contribution in [2.45, 2.75) is 36.9 Å². The predicted molar refractivity (Wildman–Crippen MR) is 129 cm³/mol. The van der Waals surface area contributed by atoms with E-state index in [0.717, 1.165) is 40.4 Å². The molecule has 1 amide bonds. The van der Waals surface area contributed by atoms with Crippen molar-refractivity contribution in [2.24, 2.45) is 0 Å². The third kappa shape index (κ3) is 3.91. The van der Waals surface area contributed by atoms with Gasteiger partial charge in [0, 0.05) is 17.0 Å². The van der Waals surface area contributed by atoms with Gasteiger partial charge in [-0.15, -0.1) is 11.3 Å². The molecule has 0 spiro atoms. The summed E-state index contributed by atoms with van der Waals surface area (Å²) in [7, 11) is 0. The molecule has 5 rings (SSSR count). The summed E-state index contributed by atoms with van der Waals surface area (Å²) >= 11 is 2.54. The van der Waals surface area contributed by atoms with E-state index >= 15 is 0 Å². The van der Waals surface area contributed by atoms with Gasteiger partial charge in [-0.1, -0.05) is 54.9 Å². The van der Waals surface area contributed by atoms with Crippen LogP contribution in [-0.4, -0.2) is 31.1 Å². The number of nitrogens with two attached hydrogens (primary N) is 1. The smallest absolute Gasteiger partial charge is 0.282 e. The van der Waals surface area contributed by atoms with Crippen molar-refractivity contribution in [3.8, 4) is 11.1 Å². The van der Waals surface area contributed by atoms with E-state index in [1.807, 2.05) is 40.4 Å². The average Bonchev–Trinajstić information content (AvgIpc) is 3.56. The quantitative estimate of drug-likeness (QED) is 0.254. The van der Waals surface area contributed by atoms with E-state index in [9.17, 15) is 9.59 Å². The molecule has 3 aromatic heterocycles. The maximum Gasteiger partial charge on any atom is 0.282 e. The number of aromatic nitrogens is 4. The fourth-order valence-electron chi connectivity index (χ4n) is 4.08. The minimum absolute atomic E-state index is 0.0852. The highest BCUT2D eigenvalue weighted by atomic mass is 32.2. The fraction of sp³-hybridized carbons (Fsp3) is 0.273. The molecular weight excluding hydrogens is 444 g/mol. The van der Waals surface area contributed by atoms with Crippen LogP contribution in [0, 0.1) is 0 Å². The van der Waals surface area contributed by atoms with Gasteiger partial charge >= 0.3 is 0 Å². The number of carbonyl (C=O) groups is 1. The molecule has 1 aliphatic rings. The molecule has 4 aromatic rings. The molecular formula is C22H22N6O2S2. The monoisotopic (exact) mass is 466 g/mol. The van der Waals surface area contributed by atoms with E-state index in [-0.39, 0.29) is 17.2 Å². The number of rotatable bonds is 6. The lowest BCUT2D eigenvalue weighted by molar-refractivity contribution is -0.113. The number of carbonyl (C=O) groups excluding carboxylic acids is 1. The highest BCUT2D eigenvalue weighted by Crippen LogP contribution is 2.32. The Hall–Kier alpha value is -3.11. The summed E-state index contributed by atoms with van der Waals surface area (Å²) in [6.45, 7) is 0. The lowest BCUT2D eigenvalue weighted by Gasteiger charge is -2.14. The lowest BCUT2D eigenvalue weighted by Crippen LogP contribution is -2.30. The number of hydrogen-bond acceptors (Lipinski definition) is 7. The molecule has 32 heavy (non-hydrogen) atoms. The van der Waals surface area contributed by atoms with Crippen LogP contribution in [0.3, 0.4) is 0 Å². The third-order valence-electron chi connectivity index (χ3n) is 5.63. The summed E-state index contributed by atoms with van der Waals surface area (Å²) in [5.74, 6) is 6.65. The van der Waals surface area contributed by atoms with Crippen LogP contribution >= 0.6 is 23.1 Å².